The maximum atomic E-state index is 12.5. The second-order valence-corrected chi connectivity index (χ2v) is 7.05. The molecule has 3 rings (SSSR count). The number of amides is 1. The molecule has 0 aliphatic carbocycles. The predicted molar refractivity (Wildman–Crippen MR) is 105 cm³/mol. The SMILES string of the molecule is Cc1cccc(C)c1N=C1S/C(=C\c2ccc(C(=O)O)cc2)C(=O)N1C. The van der Waals surface area contributed by atoms with Crippen molar-refractivity contribution in [2.24, 2.45) is 4.99 Å². The Labute approximate surface area is 156 Å². The van der Waals surface area contributed by atoms with Crippen LogP contribution in [-0.4, -0.2) is 34.1 Å². The van der Waals surface area contributed by atoms with E-state index in [-0.39, 0.29) is 11.5 Å². The van der Waals surface area contributed by atoms with Crippen LogP contribution in [0, 0.1) is 13.8 Å². The number of rotatable bonds is 3. The molecule has 0 unspecified atom stereocenters. The average Bonchev–Trinajstić information content (AvgIpc) is 2.87. The van der Waals surface area contributed by atoms with Crippen molar-refractivity contribution in [3.05, 3.63) is 69.6 Å². The van der Waals surface area contributed by atoms with E-state index in [9.17, 15) is 9.59 Å². The lowest BCUT2D eigenvalue weighted by molar-refractivity contribution is -0.121. The van der Waals surface area contributed by atoms with Gasteiger partial charge in [-0.3, -0.25) is 9.69 Å². The van der Waals surface area contributed by atoms with Gasteiger partial charge in [-0.1, -0.05) is 30.3 Å². The predicted octanol–water partition coefficient (Wildman–Crippen LogP) is 4.24. The number of carbonyl (C=O) groups is 2. The zero-order valence-corrected chi connectivity index (χ0v) is 15.5. The molecule has 0 bridgehead atoms. The first-order valence-electron chi connectivity index (χ1n) is 8.02. The molecular weight excluding hydrogens is 348 g/mol. The van der Waals surface area contributed by atoms with Crippen molar-refractivity contribution in [2.75, 3.05) is 7.05 Å². The average molecular weight is 366 g/mol. The molecule has 0 saturated carbocycles. The van der Waals surface area contributed by atoms with Crippen LogP contribution in [0.4, 0.5) is 5.69 Å². The van der Waals surface area contributed by atoms with E-state index in [1.165, 1.54) is 28.8 Å². The van der Waals surface area contributed by atoms with Gasteiger partial charge in [0.15, 0.2) is 5.17 Å². The smallest absolute Gasteiger partial charge is 0.335 e. The van der Waals surface area contributed by atoms with E-state index < -0.39 is 5.97 Å². The number of aliphatic imine (C=N–C) groups is 1. The number of amidine groups is 1. The molecule has 5 nitrogen and oxygen atoms in total. The maximum Gasteiger partial charge on any atom is 0.335 e. The molecule has 6 heteroatoms. The van der Waals surface area contributed by atoms with E-state index in [0.717, 1.165) is 22.4 Å². The van der Waals surface area contributed by atoms with Crippen molar-refractivity contribution in [1.29, 1.82) is 0 Å². The highest BCUT2D eigenvalue weighted by molar-refractivity contribution is 8.18. The summed E-state index contributed by atoms with van der Waals surface area (Å²) in [5.74, 6) is -1.10. The van der Waals surface area contributed by atoms with E-state index in [4.69, 9.17) is 5.11 Å². The van der Waals surface area contributed by atoms with E-state index in [0.29, 0.717) is 10.1 Å². The third-order valence-electron chi connectivity index (χ3n) is 4.11. The van der Waals surface area contributed by atoms with E-state index in [1.54, 1.807) is 25.3 Å². The van der Waals surface area contributed by atoms with Gasteiger partial charge in [0, 0.05) is 7.05 Å². The van der Waals surface area contributed by atoms with E-state index in [1.807, 2.05) is 32.0 Å². The van der Waals surface area contributed by atoms with Crippen LogP contribution in [0.25, 0.3) is 6.08 Å². The Balaban J connectivity index is 1.91. The molecule has 0 aromatic heterocycles. The molecule has 1 fully saturated rings. The number of nitrogens with zero attached hydrogens (tertiary/aromatic N) is 2. The van der Waals surface area contributed by atoms with Gasteiger partial charge in [0.05, 0.1) is 16.2 Å². The van der Waals surface area contributed by atoms with Gasteiger partial charge in [0.25, 0.3) is 5.91 Å². The Bertz CT molecular complexity index is 926. The van der Waals surface area contributed by atoms with Crippen molar-refractivity contribution in [1.82, 2.24) is 4.90 Å². The third kappa shape index (κ3) is 3.55. The molecule has 0 spiro atoms. The van der Waals surface area contributed by atoms with Crippen molar-refractivity contribution >= 4 is 40.6 Å². The molecule has 1 N–H and O–H groups in total. The fraction of sp³-hybridized carbons (Fsp3) is 0.150. The number of benzene rings is 2. The number of carbonyl (C=O) groups excluding carboxylic acids is 1. The summed E-state index contributed by atoms with van der Waals surface area (Å²) in [5.41, 5.74) is 3.97. The summed E-state index contributed by atoms with van der Waals surface area (Å²) in [6.07, 6.45) is 1.75. The van der Waals surface area contributed by atoms with Crippen LogP contribution in [0.15, 0.2) is 52.4 Å². The van der Waals surface area contributed by atoms with Gasteiger partial charge in [-0.15, -0.1) is 0 Å². The fourth-order valence-electron chi connectivity index (χ4n) is 2.60. The van der Waals surface area contributed by atoms with Gasteiger partial charge in [-0.25, -0.2) is 9.79 Å². The van der Waals surface area contributed by atoms with Crippen LogP contribution in [0.3, 0.4) is 0 Å². The molecule has 1 aliphatic heterocycles. The van der Waals surface area contributed by atoms with Crippen LogP contribution in [0.1, 0.15) is 27.0 Å². The number of hydrogen-bond acceptors (Lipinski definition) is 4. The zero-order chi connectivity index (χ0) is 18.8. The number of aryl methyl sites for hydroxylation is 2. The minimum Gasteiger partial charge on any atom is -0.478 e. The monoisotopic (exact) mass is 366 g/mol. The summed E-state index contributed by atoms with van der Waals surface area (Å²) in [6, 6.07) is 12.4. The van der Waals surface area contributed by atoms with Crippen molar-refractivity contribution < 1.29 is 14.7 Å². The number of likely N-dealkylation sites (N-methyl/N-ethyl adjacent to an activating group) is 1. The molecule has 1 heterocycles. The molecule has 1 amide bonds. The lowest BCUT2D eigenvalue weighted by atomic mass is 10.1. The van der Waals surface area contributed by atoms with Gasteiger partial charge >= 0.3 is 5.97 Å². The van der Waals surface area contributed by atoms with Gasteiger partial charge in [-0.2, -0.15) is 0 Å². The largest absolute Gasteiger partial charge is 0.478 e. The summed E-state index contributed by atoms with van der Waals surface area (Å²) >= 11 is 1.32. The number of thioether (sulfide) groups is 1. The second kappa shape index (κ2) is 7.17. The van der Waals surface area contributed by atoms with Gasteiger partial charge in [0.2, 0.25) is 0 Å². The molecule has 132 valence electrons. The minimum absolute atomic E-state index is 0.123. The molecule has 1 aliphatic rings. The van der Waals surface area contributed by atoms with Crippen LogP contribution in [-0.2, 0) is 4.79 Å². The van der Waals surface area contributed by atoms with Crippen LogP contribution >= 0.6 is 11.8 Å². The Morgan fingerprint density at radius 1 is 1.12 bits per heavy atom. The highest BCUT2D eigenvalue weighted by atomic mass is 32.2. The Morgan fingerprint density at radius 3 is 2.31 bits per heavy atom. The normalized spacial score (nSPS) is 17.3. The topological polar surface area (TPSA) is 70.0 Å². The summed E-state index contributed by atoms with van der Waals surface area (Å²) in [5, 5.41) is 9.59. The van der Waals surface area contributed by atoms with E-state index >= 15 is 0 Å². The molecule has 26 heavy (non-hydrogen) atoms. The number of hydrogen-bond donors (Lipinski definition) is 1. The van der Waals surface area contributed by atoms with Gasteiger partial charge < -0.3 is 5.11 Å². The van der Waals surface area contributed by atoms with Crippen LogP contribution < -0.4 is 0 Å². The molecule has 0 radical (unpaired) electrons. The third-order valence-corrected chi connectivity index (χ3v) is 5.17. The molecular formula is C20H18N2O3S. The summed E-state index contributed by atoms with van der Waals surface area (Å²) in [6.45, 7) is 3.99. The Kier molecular flexibility index (Phi) is 4.95. The van der Waals surface area contributed by atoms with Gasteiger partial charge in [-0.05, 0) is 60.5 Å². The highest BCUT2D eigenvalue weighted by Gasteiger charge is 2.30. The molecule has 0 atom stereocenters. The summed E-state index contributed by atoms with van der Waals surface area (Å²) in [7, 11) is 1.70. The first-order chi connectivity index (χ1) is 12.4. The van der Waals surface area contributed by atoms with Crippen molar-refractivity contribution in [3.8, 4) is 0 Å². The fourth-order valence-corrected chi connectivity index (χ4v) is 3.58. The molecule has 2 aromatic rings. The second-order valence-electron chi connectivity index (χ2n) is 6.04. The van der Waals surface area contributed by atoms with Crippen LogP contribution in [0.5, 0.6) is 0 Å². The quantitative estimate of drug-likeness (QED) is 0.825. The lowest BCUT2D eigenvalue weighted by Gasteiger charge is -2.09. The Hall–Kier alpha value is -2.86. The first kappa shape index (κ1) is 17.9. The van der Waals surface area contributed by atoms with Crippen molar-refractivity contribution in [3.63, 3.8) is 0 Å². The number of para-hydroxylation sites is 1. The Morgan fingerprint density at radius 2 is 1.73 bits per heavy atom. The zero-order valence-electron chi connectivity index (χ0n) is 14.7. The van der Waals surface area contributed by atoms with E-state index in [2.05, 4.69) is 4.99 Å². The molecule has 1 saturated heterocycles. The highest BCUT2D eigenvalue weighted by Crippen LogP contribution is 2.34. The lowest BCUT2D eigenvalue weighted by Crippen LogP contribution is -2.23. The van der Waals surface area contributed by atoms with Gasteiger partial charge in [0.1, 0.15) is 0 Å². The number of aromatic carboxylic acids is 1. The molecule has 2 aromatic carbocycles. The first-order valence-corrected chi connectivity index (χ1v) is 8.84. The van der Waals surface area contributed by atoms with Crippen molar-refractivity contribution in [2.45, 2.75) is 13.8 Å². The maximum absolute atomic E-state index is 12.5. The summed E-state index contributed by atoms with van der Waals surface area (Å²) < 4.78 is 0. The number of carboxylic acids is 1. The van der Waals surface area contributed by atoms with Crippen LogP contribution in [0.2, 0.25) is 0 Å². The minimum atomic E-state index is -0.974. The summed E-state index contributed by atoms with van der Waals surface area (Å²) in [4.78, 5) is 30.2. The standard InChI is InChI=1S/C20H18N2O3S/c1-12-5-4-6-13(2)17(12)21-20-22(3)18(23)16(26-20)11-14-7-9-15(10-8-14)19(24)25/h4-11H,1-3H3,(H,24,25)/b16-11-,21-20?. The number of carboxylic acid groups (broad SMARTS) is 1.